The molecule has 0 spiro atoms. The van der Waals surface area contributed by atoms with E-state index in [0.717, 1.165) is 45.0 Å². The maximum absolute atomic E-state index is 4.99. The number of aryl methyl sites for hydroxylation is 1. The molecule has 0 bridgehead atoms. The van der Waals surface area contributed by atoms with E-state index >= 15 is 0 Å². The number of anilines is 1. The summed E-state index contributed by atoms with van der Waals surface area (Å²) in [5.74, 6) is 0.933. The Morgan fingerprint density at radius 2 is 1.67 bits per heavy atom. The Hall–Kier alpha value is -1.59. The third kappa shape index (κ3) is 3.42. The first-order chi connectivity index (χ1) is 11.8. The second kappa shape index (κ2) is 7.11. The lowest BCUT2D eigenvalue weighted by molar-refractivity contribution is 0.310. The van der Waals surface area contributed by atoms with Gasteiger partial charge in [-0.15, -0.1) is 0 Å². The molecular weight excluding hydrogens is 316 g/mol. The summed E-state index contributed by atoms with van der Waals surface area (Å²) in [6.07, 6.45) is 4.72. The first-order valence-corrected chi connectivity index (χ1v) is 9.67. The molecule has 1 saturated heterocycles. The zero-order valence-electron chi connectivity index (χ0n) is 14.2. The van der Waals surface area contributed by atoms with Gasteiger partial charge < -0.3 is 9.80 Å². The van der Waals surface area contributed by atoms with Gasteiger partial charge in [0.1, 0.15) is 5.03 Å². The second-order valence-corrected chi connectivity index (χ2v) is 7.73. The fourth-order valence-electron chi connectivity index (χ4n) is 3.38. The van der Waals surface area contributed by atoms with Crippen LogP contribution in [-0.2, 0) is 12.8 Å². The van der Waals surface area contributed by atoms with Crippen molar-refractivity contribution in [3.63, 3.8) is 0 Å². The number of hydrogen-bond acceptors (Lipinski definition) is 5. The number of rotatable bonds is 3. The molecule has 0 unspecified atom stereocenters. The van der Waals surface area contributed by atoms with Crippen molar-refractivity contribution >= 4 is 17.7 Å². The van der Waals surface area contributed by atoms with Gasteiger partial charge >= 0.3 is 0 Å². The van der Waals surface area contributed by atoms with Crippen LogP contribution in [0.2, 0.25) is 0 Å². The summed E-state index contributed by atoms with van der Waals surface area (Å²) in [5, 5.41) is 1.17. The van der Waals surface area contributed by atoms with E-state index in [1.54, 1.807) is 11.8 Å². The number of hydrogen-bond donors (Lipinski definition) is 0. The molecule has 1 aliphatic carbocycles. The van der Waals surface area contributed by atoms with Gasteiger partial charge in [-0.05, 0) is 44.9 Å². The summed E-state index contributed by atoms with van der Waals surface area (Å²) in [4.78, 5) is 15.9. The SMILES string of the molecule is CN1CCN(c2nc3c(c(Sc4ccccc4)n2)CCCC3)CC1. The van der Waals surface area contributed by atoms with E-state index < -0.39 is 0 Å². The summed E-state index contributed by atoms with van der Waals surface area (Å²) >= 11 is 1.79. The van der Waals surface area contributed by atoms with Crippen molar-refractivity contribution in [2.75, 3.05) is 38.1 Å². The first-order valence-electron chi connectivity index (χ1n) is 8.86. The van der Waals surface area contributed by atoms with Gasteiger partial charge in [0.25, 0.3) is 0 Å². The van der Waals surface area contributed by atoms with Gasteiger partial charge in [0.2, 0.25) is 5.95 Å². The highest BCUT2D eigenvalue weighted by molar-refractivity contribution is 7.99. The number of nitrogens with zero attached hydrogens (tertiary/aromatic N) is 4. The molecule has 1 fully saturated rings. The van der Waals surface area contributed by atoms with Crippen LogP contribution >= 0.6 is 11.8 Å². The Bertz CT molecular complexity index is 696. The Morgan fingerprint density at radius 3 is 2.46 bits per heavy atom. The first kappa shape index (κ1) is 15.9. The Morgan fingerprint density at radius 1 is 0.917 bits per heavy atom. The molecule has 1 aromatic carbocycles. The van der Waals surface area contributed by atoms with E-state index in [2.05, 4.69) is 47.2 Å². The van der Waals surface area contributed by atoms with E-state index in [4.69, 9.17) is 9.97 Å². The topological polar surface area (TPSA) is 32.3 Å². The summed E-state index contributed by atoms with van der Waals surface area (Å²) in [7, 11) is 2.18. The lowest BCUT2D eigenvalue weighted by atomic mass is 9.97. The average Bonchev–Trinajstić information content (AvgIpc) is 2.63. The number of piperazine rings is 1. The van der Waals surface area contributed by atoms with Crippen LogP contribution in [0.5, 0.6) is 0 Å². The van der Waals surface area contributed by atoms with Gasteiger partial charge in [-0.1, -0.05) is 30.0 Å². The highest BCUT2D eigenvalue weighted by atomic mass is 32.2. The summed E-state index contributed by atoms with van der Waals surface area (Å²) in [6.45, 7) is 4.21. The van der Waals surface area contributed by atoms with Gasteiger partial charge in [0, 0.05) is 36.6 Å². The zero-order valence-corrected chi connectivity index (χ0v) is 15.1. The molecular formula is C19H24N4S. The van der Waals surface area contributed by atoms with E-state index in [-0.39, 0.29) is 0 Å². The van der Waals surface area contributed by atoms with Crippen molar-refractivity contribution in [3.05, 3.63) is 41.6 Å². The molecule has 0 saturated carbocycles. The molecule has 1 aliphatic heterocycles. The van der Waals surface area contributed by atoms with E-state index in [1.807, 2.05) is 0 Å². The molecule has 5 heteroatoms. The highest BCUT2D eigenvalue weighted by Crippen LogP contribution is 2.34. The number of likely N-dealkylation sites (N-methyl/N-ethyl adjacent to an activating group) is 1. The minimum absolute atomic E-state index is 0.933. The normalized spacial score (nSPS) is 18.5. The van der Waals surface area contributed by atoms with Crippen molar-refractivity contribution < 1.29 is 0 Å². The van der Waals surface area contributed by atoms with Crippen LogP contribution in [0.15, 0.2) is 40.3 Å². The maximum Gasteiger partial charge on any atom is 0.226 e. The fourth-order valence-corrected chi connectivity index (χ4v) is 4.37. The monoisotopic (exact) mass is 340 g/mol. The summed E-state index contributed by atoms with van der Waals surface area (Å²) < 4.78 is 0. The standard InChI is InChI=1S/C19H24N4S/c1-22-11-13-23(14-12-22)19-20-17-10-6-5-9-16(17)18(21-19)24-15-7-3-2-4-8-15/h2-4,7-8H,5-6,9-14H2,1H3. The van der Waals surface area contributed by atoms with Crippen LogP contribution in [0.3, 0.4) is 0 Å². The molecule has 2 heterocycles. The summed E-state index contributed by atoms with van der Waals surface area (Å²) in [5.41, 5.74) is 2.66. The molecule has 2 aromatic rings. The molecule has 24 heavy (non-hydrogen) atoms. The lowest BCUT2D eigenvalue weighted by Crippen LogP contribution is -2.45. The fraction of sp³-hybridized carbons (Fsp3) is 0.474. The van der Waals surface area contributed by atoms with Crippen LogP contribution in [0.4, 0.5) is 5.95 Å². The van der Waals surface area contributed by atoms with Crippen molar-refractivity contribution in [3.8, 4) is 0 Å². The van der Waals surface area contributed by atoms with Gasteiger partial charge in [0.05, 0.1) is 5.69 Å². The summed E-state index contributed by atoms with van der Waals surface area (Å²) in [6, 6.07) is 10.6. The Kier molecular flexibility index (Phi) is 4.72. The largest absolute Gasteiger partial charge is 0.338 e. The zero-order chi connectivity index (χ0) is 16.4. The van der Waals surface area contributed by atoms with Crippen LogP contribution < -0.4 is 4.90 Å². The molecule has 0 amide bonds. The Labute approximate surface area is 148 Å². The van der Waals surface area contributed by atoms with Crippen LogP contribution in [-0.4, -0.2) is 48.1 Å². The number of benzene rings is 1. The third-order valence-electron chi connectivity index (χ3n) is 4.88. The van der Waals surface area contributed by atoms with Crippen LogP contribution in [0, 0.1) is 0 Å². The molecule has 0 N–H and O–H groups in total. The number of fused-ring (bicyclic) bond motifs is 1. The van der Waals surface area contributed by atoms with Gasteiger partial charge in [-0.3, -0.25) is 0 Å². The van der Waals surface area contributed by atoms with Gasteiger partial charge in [-0.25, -0.2) is 9.97 Å². The minimum Gasteiger partial charge on any atom is -0.338 e. The van der Waals surface area contributed by atoms with Crippen molar-refractivity contribution in [1.82, 2.24) is 14.9 Å². The van der Waals surface area contributed by atoms with Crippen LogP contribution in [0.1, 0.15) is 24.1 Å². The molecule has 4 rings (SSSR count). The smallest absolute Gasteiger partial charge is 0.226 e. The van der Waals surface area contributed by atoms with Crippen LogP contribution in [0.25, 0.3) is 0 Å². The van der Waals surface area contributed by atoms with E-state index in [9.17, 15) is 0 Å². The minimum atomic E-state index is 0.933. The van der Waals surface area contributed by atoms with E-state index in [1.165, 1.54) is 34.0 Å². The van der Waals surface area contributed by atoms with Crippen molar-refractivity contribution in [2.24, 2.45) is 0 Å². The predicted octanol–water partition coefficient (Wildman–Crippen LogP) is 3.26. The quantitative estimate of drug-likeness (QED) is 0.801. The molecule has 0 atom stereocenters. The second-order valence-electron chi connectivity index (χ2n) is 6.67. The molecule has 126 valence electrons. The third-order valence-corrected chi connectivity index (χ3v) is 5.92. The van der Waals surface area contributed by atoms with Gasteiger partial charge in [0.15, 0.2) is 0 Å². The molecule has 4 nitrogen and oxygen atoms in total. The highest BCUT2D eigenvalue weighted by Gasteiger charge is 2.22. The van der Waals surface area contributed by atoms with Crippen molar-refractivity contribution in [2.45, 2.75) is 35.6 Å². The van der Waals surface area contributed by atoms with Crippen molar-refractivity contribution in [1.29, 1.82) is 0 Å². The maximum atomic E-state index is 4.99. The number of aromatic nitrogens is 2. The Balaban J connectivity index is 1.67. The molecule has 1 aromatic heterocycles. The van der Waals surface area contributed by atoms with E-state index in [0.29, 0.717) is 0 Å². The average molecular weight is 340 g/mol. The predicted molar refractivity (Wildman–Crippen MR) is 98.9 cm³/mol. The molecule has 0 radical (unpaired) electrons. The molecule has 2 aliphatic rings. The lowest BCUT2D eigenvalue weighted by Gasteiger charge is -2.33. The van der Waals surface area contributed by atoms with Gasteiger partial charge in [-0.2, -0.15) is 0 Å².